The van der Waals surface area contributed by atoms with E-state index in [0.29, 0.717) is 29.6 Å². The van der Waals surface area contributed by atoms with Gasteiger partial charge >= 0.3 is 0 Å². The first kappa shape index (κ1) is 21.2. The molecule has 0 aliphatic rings. The van der Waals surface area contributed by atoms with Gasteiger partial charge in [0.05, 0.1) is 11.4 Å². The molecule has 1 aromatic heterocycles. The lowest BCUT2D eigenvalue weighted by Gasteiger charge is -2.12. The fraction of sp³-hybridized carbons (Fsp3) is 0.182. The molecule has 0 saturated carbocycles. The van der Waals surface area contributed by atoms with E-state index < -0.39 is 17.5 Å². The van der Waals surface area contributed by atoms with Crippen molar-refractivity contribution in [1.82, 2.24) is 15.1 Å². The Morgan fingerprint density at radius 1 is 1.17 bits per heavy atom. The zero-order chi connectivity index (χ0) is 21.7. The Balaban J connectivity index is 1.99. The van der Waals surface area contributed by atoms with Crippen LogP contribution in [0.1, 0.15) is 17.7 Å². The molecule has 0 radical (unpaired) electrons. The fourth-order valence-electron chi connectivity index (χ4n) is 2.86. The molecule has 2 aromatic carbocycles. The summed E-state index contributed by atoms with van der Waals surface area (Å²) < 4.78 is 48.0. The fourth-order valence-corrected chi connectivity index (χ4v) is 2.86. The van der Waals surface area contributed by atoms with Crippen molar-refractivity contribution in [1.29, 1.82) is 0 Å². The van der Waals surface area contributed by atoms with Crippen molar-refractivity contribution in [2.24, 2.45) is 0 Å². The van der Waals surface area contributed by atoms with Crippen LogP contribution in [0.5, 0.6) is 11.6 Å². The van der Waals surface area contributed by atoms with Crippen LogP contribution in [-0.2, 0) is 11.2 Å². The van der Waals surface area contributed by atoms with Gasteiger partial charge in [-0.3, -0.25) is 4.79 Å². The van der Waals surface area contributed by atoms with Gasteiger partial charge in [-0.1, -0.05) is 6.08 Å². The number of nitrogens with one attached hydrogen (secondary N) is 1. The molecule has 156 valence electrons. The zero-order valence-electron chi connectivity index (χ0n) is 16.3. The molecular formula is C22H20F3N3O2. The van der Waals surface area contributed by atoms with Crippen LogP contribution in [0.15, 0.2) is 55.1 Å². The molecular weight excluding hydrogens is 395 g/mol. The van der Waals surface area contributed by atoms with E-state index in [-0.39, 0.29) is 30.4 Å². The van der Waals surface area contributed by atoms with Gasteiger partial charge in [-0.25, -0.2) is 17.9 Å². The second-order valence-corrected chi connectivity index (χ2v) is 6.53. The molecule has 0 saturated heterocycles. The van der Waals surface area contributed by atoms with Gasteiger partial charge in [0.25, 0.3) is 0 Å². The number of benzene rings is 2. The molecule has 3 aromatic rings. The number of aromatic nitrogens is 2. The van der Waals surface area contributed by atoms with Crippen LogP contribution in [-0.4, -0.2) is 22.2 Å². The Hall–Kier alpha value is -3.55. The molecule has 30 heavy (non-hydrogen) atoms. The maximum Gasteiger partial charge on any atom is 0.226 e. The van der Waals surface area contributed by atoms with Crippen LogP contribution in [0.2, 0.25) is 0 Å². The average molecular weight is 415 g/mol. The Labute approximate surface area is 171 Å². The molecule has 0 unspecified atom stereocenters. The maximum absolute atomic E-state index is 14.2. The number of nitrogens with zero attached hydrogens (tertiary/aromatic N) is 2. The molecule has 0 atom stereocenters. The van der Waals surface area contributed by atoms with Gasteiger partial charge in [0.1, 0.15) is 11.6 Å². The smallest absolute Gasteiger partial charge is 0.226 e. The normalized spacial score (nSPS) is 10.7. The molecule has 1 N–H and O–H groups in total. The minimum Gasteiger partial charge on any atom is -0.436 e. The Bertz CT molecular complexity index is 1060. The van der Waals surface area contributed by atoms with Gasteiger partial charge < -0.3 is 10.1 Å². The second kappa shape index (κ2) is 9.30. The third-order valence-corrected chi connectivity index (χ3v) is 4.35. The van der Waals surface area contributed by atoms with Crippen LogP contribution in [0.4, 0.5) is 13.2 Å². The number of aryl methyl sites for hydroxylation is 1. The number of halogens is 3. The SMILES string of the molecule is C=CCNC(=O)CCc1c(C)nn(-c2ccc(F)cc2)c1Oc1ccc(F)cc1F. The van der Waals surface area contributed by atoms with E-state index in [1.165, 1.54) is 35.0 Å². The lowest BCUT2D eigenvalue weighted by molar-refractivity contribution is -0.120. The van der Waals surface area contributed by atoms with Crippen LogP contribution in [0, 0.1) is 24.4 Å². The van der Waals surface area contributed by atoms with Gasteiger partial charge in [-0.15, -0.1) is 6.58 Å². The quantitative estimate of drug-likeness (QED) is 0.546. The molecule has 8 heteroatoms. The summed E-state index contributed by atoms with van der Waals surface area (Å²) in [4.78, 5) is 12.0. The van der Waals surface area contributed by atoms with Crippen molar-refractivity contribution in [2.75, 3.05) is 6.54 Å². The molecule has 0 fully saturated rings. The summed E-state index contributed by atoms with van der Waals surface area (Å²) in [6, 6.07) is 8.47. The molecule has 0 bridgehead atoms. The van der Waals surface area contributed by atoms with E-state index in [2.05, 4.69) is 17.0 Å². The van der Waals surface area contributed by atoms with Crippen molar-refractivity contribution in [2.45, 2.75) is 19.8 Å². The highest BCUT2D eigenvalue weighted by Crippen LogP contribution is 2.33. The maximum atomic E-state index is 14.2. The van der Waals surface area contributed by atoms with Crippen LogP contribution < -0.4 is 10.1 Å². The highest BCUT2D eigenvalue weighted by Gasteiger charge is 2.21. The average Bonchev–Trinajstić information content (AvgIpc) is 3.02. The molecule has 1 heterocycles. The first-order valence-corrected chi connectivity index (χ1v) is 9.24. The summed E-state index contributed by atoms with van der Waals surface area (Å²) >= 11 is 0. The van der Waals surface area contributed by atoms with Crippen molar-refractivity contribution in [3.8, 4) is 17.3 Å². The molecule has 3 rings (SSSR count). The third-order valence-electron chi connectivity index (χ3n) is 4.35. The monoisotopic (exact) mass is 415 g/mol. The van der Waals surface area contributed by atoms with Crippen molar-refractivity contribution in [3.05, 3.63) is 83.8 Å². The second-order valence-electron chi connectivity index (χ2n) is 6.53. The minimum absolute atomic E-state index is 0.145. The number of carbonyl (C=O) groups is 1. The Kier molecular flexibility index (Phi) is 6.56. The van der Waals surface area contributed by atoms with E-state index in [9.17, 15) is 18.0 Å². The molecule has 0 aliphatic heterocycles. The van der Waals surface area contributed by atoms with Crippen molar-refractivity contribution < 1.29 is 22.7 Å². The van der Waals surface area contributed by atoms with Gasteiger partial charge in [0.15, 0.2) is 11.6 Å². The summed E-state index contributed by atoms with van der Waals surface area (Å²) in [6.45, 7) is 5.62. The lowest BCUT2D eigenvalue weighted by atomic mass is 10.1. The van der Waals surface area contributed by atoms with Crippen LogP contribution in [0.25, 0.3) is 5.69 Å². The first-order chi connectivity index (χ1) is 14.4. The van der Waals surface area contributed by atoms with Gasteiger partial charge in [0, 0.05) is 24.6 Å². The summed E-state index contributed by atoms with van der Waals surface area (Å²) in [5.41, 5.74) is 1.63. The summed E-state index contributed by atoms with van der Waals surface area (Å²) in [7, 11) is 0. The summed E-state index contributed by atoms with van der Waals surface area (Å²) in [5.74, 6) is -2.26. The van der Waals surface area contributed by atoms with Gasteiger partial charge in [-0.05, 0) is 49.7 Å². The number of amides is 1. The number of ether oxygens (including phenoxy) is 1. The van der Waals surface area contributed by atoms with E-state index in [4.69, 9.17) is 4.74 Å². The number of hydrogen-bond acceptors (Lipinski definition) is 3. The largest absolute Gasteiger partial charge is 0.436 e. The number of carbonyl (C=O) groups excluding carboxylic acids is 1. The van der Waals surface area contributed by atoms with Crippen LogP contribution >= 0.6 is 0 Å². The molecule has 0 spiro atoms. The highest BCUT2D eigenvalue weighted by molar-refractivity contribution is 5.76. The number of rotatable bonds is 8. The van der Waals surface area contributed by atoms with E-state index in [0.717, 1.165) is 6.07 Å². The molecule has 1 amide bonds. The molecule has 0 aliphatic carbocycles. The number of hydrogen-bond donors (Lipinski definition) is 1. The van der Waals surface area contributed by atoms with E-state index in [1.54, 1.807) is 13.0 Å². The summed E-state index contributed by atoms with van der Waals surface area (Å²) in [6.07, 6.45) is 1.99. The van der Waals surface area contributed by atoms with Crippen molar-refractivity contribution >= 4 is 5.91 Å². The van der Waals surface area contributed by atoms with Crippen LogP contribution in [0.3, 0.4) is 0 Å². The predicted octanol–water partition coefficient (Wildman–Crippen LogP) is 4.63. The first-order valence-electron chi connectivity index (χ1n) is 9.24. The summed E-state index contributed by atoms with van der Waals surface area (Å²) in [5, 5.41) is 7.10. The van der Waals surface area contributed by atoms with Gasteiger partial charge in [-0.2, -0.15) is 5.10 Å². The Morgan fingerprint density at radius 2 is 1.87 bits per heavy atom. The van der Waals surface area contributed by atoms with Gasteiger partial charge in [0.2, 0.25) is 11.8 Å². The topological polar surface area (TPSA) is 56.2 Å². The predicted molar refractivity (Wildman–Crippen MR) is 106 cm³/mol. The zero-order valence-corrected chi connectivity index (χ0v) is 16.3. The Morgan fingerprint density at radius 3 is 2.53 bits per heavy atom. The standard InChI is InChI=1S/C22H20F3N3O2/c1-3-12-26-21(29)11-9-18-14(2)27-28(17-7-4-15(23)5-8-17)22(18)30-20-10-6-16(24)13-19(20)25/h3-8,10,13H,1,9,11-12H2,2H3,(H,26,29). The lowest BCUT2D eigenvalue weighted by Crippen LogP contribution is -2.23. The van der Waals surface area contributed by atoms with Crippen molar-refractivity contribution in [3.63, 3.8) is 0 Å². The van der Waals surface area contributed by atoms with E-state index in [1.807, 2.05) is 0 Å². The highest BCUT2D eigenvalue weighted by atomic mass is 19.1. The third kappa shape index (κ3) is 4.89. The minimum atomic E-state index is -0.880. The van der Waals surface area contributed by atoms with E-state index >= 15 is 0 Å². The molecule has 5 nitrogen and oxygen atoms in total.